The van der Waals surface area contributed by atoms with Crippen LogP contribution in [-0.4, -0.2) is 21.0 Å². The minimum atomic E-state index is -4.39. The summed E-state index contributed by atoms with van der Waals surface area (Å²) in [5.74, 6) is -0.802. The molecule has 6 nitrogen and oxygen atoms in total. The van der Waals surface area contributed by atoms with E-state index in [1.54, 1.807) is 24.4 Å². The Bertz CT molecular complexity index is 1570. The standard InChI is InChI=1S/C28H22NO5P/c1-17-20-11-6-5-10-19(20)14-29-15-22-25(26(17)29)27(30)21-12-7-13-23(24(21)28(22)31)35(32,33)34-16-18-8-3-2-4-9-18/h2-13,15,17H,14,16H2,1H3,(H,32,33). The molecular formula is C28H22NO5P. The van der Waals surface area contributed by atoms with Crippen molar-refractivity contribution in [3.05, 3.63) is 124 Å². The van der Waals surface area contributed by atoms with Gasteiger partial charge in [0.05, 0.1) is 23.0 Å². The maximum atomic E-state index is 13.7. The van der Waals surface area contributed by atoms with Crippen molar-refractivity contribution in [3.8, 4) is 0 Å². The molecule has 1 aromatic heterocycles. The zero-order chi connectivity index (χ0) is 24.3. The molecule has 1 N–H and O–H groups in total. The van der Waals surface area contributed by atoms with E-state index in [9.17, 15) is 19.0 Å². The zero-order valence-electron chi connectivity index (χ0n) is 19.0. The molecule has 6 rings (SSSR count). The fourth-order valence-corrected chi connectivity index (χ4v) is 6.53. The van der Waals surface area contributed by atoms with Gasteiger partial charge in [0, 0.05) is 35.5 Å². The van der Waals surface area contributed by atoms with Crippen LogP contribution in [0.5, 0.6) is 0 Å². The average Bonchev–Trinajstić information content (AvgIpc) is 3.27. The van der Waals surface area contributed by atoms with Crippen LogP contribution in [0.1, 0.15) is 67.1 Å². The maximum absolute atomic E-state index is 13.7. The third kappa shape index (κ3) is 3.37. The molecule has 1 aliphatic heterocycles. The fourth-order valence-electron chi connectivity index (χ4n) is 5.29. The van der Waals surface area contributed by atoms with Gasteiger partial charge in [0.15, 0.2) is 11.6 Å². The number of fused-ring (bicyclic) bond motifs is 5. The summed E-state index contributed by atoms with van der Waals surface area (Å²) in [6.45, 7) is 2.50. The maximum Gasteiger partial charge on any atom is 0.359 e. The molecule has 2 unspecified atom stereocenters. The molecule has 174 valence electrons. The smallest absolute Gasteiger partial charge is 0.345 e. The Labute approximate surface area is 202 Å². The van der Waals surface area contributed by atoms with E-state index in [2.05, 4.69) is 12.1 Å². The second-order valence-corrected chi connectivity index (χ2v) is 10.8. The van der Waals surface area contributed by atoms with E-state index in [1.165, 1.54) is 12.1 Å². The molecule has 2 atom stereocenters. The van der Waals surface area contributed by atoms with Gasteiger partial charge in [-0.05, 0) is 22.8 Å². The van der Waals surface area contributed by atoms with Gasteiger partial charge in [0.1, 0.15) is 0 Å². The molecule has 0 fully saturated rings. The van der Waals surface area contributed by atoms with E-state index in [0.29, 0.717) is 12.1 Å². The van der Waals surface area contributed by atoms with Crippen molar-refractivity contribution in [2.45, 2.75) is 26.0 Å². The molecule has 2 heterocycles. The lowest BCUT2D eigenvalue weighted by atomic mass is 9.81. The van der Waals surface area contributed by atoms with E-state index in [1.807, 2.05) is 41.8 Å². The van der Waals surface area contributed by atoms with Crippen molar-refractivity contribution in [1.29, 1.82) is 0 Å². The number of nitrogens with zero attached hydrogens (tertiary/aromatic N) is 1. The Kier molecular flexibility index (Phi) is 5.01. The Hall–Kier alpha value is -3.57. The monoisotopic (exact) mass is 483 g/mol. The second kappa shape index (κ2) is 7.99. The fraction of sp³-hybridized carbons (Fsp3) is 0.143. The Morgan fingerprint density at radius 2 is 1.63 bits per heavy atom. The van der Waals surface area contributed by atoms with Crippen molar-refractivity contribution in [1.82, 2.24) is 4.57 Å². The van der Waals surface area contributed by atoms with Crippen molar-refractivity contribution in [2.24, 2.45) is 0 Å². The second-order valence-electron chi connectivity index (χ2n) is 8.99. The van der Waals surface area contributed by atoms with Crippen LogP contribution in [0.3, 0.4) is 0 Å². The summed E-state index contributed by atoms with van der Waals surface area (Å²) >= 11 is 0. The molecule has 7 heteroatoms. The number of rotatable bonds is 4. The van der Waals surface area contributed by atoms with Gasteiger partial charge < -0.3 is 14.0 Å². The van der Waals surface area contributed by atoms with Crippen LogP contribution in [0.4, 0.5) is 0 Å². The van der Waals surface area contributed by atoms with Crippen LogP contribution in [0, 0.1) is 0 Å². The van der Waals surface area contributed by atoms with E-state index < -0.39 is 13.4 Å². The molecule has 3 aromatic carbocycles. The Morgan fingerprint density at radius 1 is 0.914 bits per heavy atom. The third-order valence-corrected chi connectivity index (χ3v) is 8.39. The Morgan fingerprint density at radius 3 is 2.43 bits per heavy atom. The molecule has 0 spiro atoms. The average molecular weight is 483 g/mol. The third-order valence-electron chi connectivity index (χ3n) is 6.93. The lowest BCUT2D eigenvalue weighted by Gasteiger charge is -2.27. The number of carbonyl (C=O) groups excluding carboxylic acids is 2. The summed E-state index contributed by atoms with van der Waals surface area (Å²) in [4.78, 5) is 38.3. The molecule has 0 bridgehead atoms. The number of hydrogen-bond acceptors (Lipinski definition) is 4. The van der Waals surface area contributed by atoms with E-state index >= 15 is 0 Å². The lowest BCUT2D eigenvalue weighted by Crippen LogP contribution is -2.28. The molecule has 0 amide bonds. The number of benzene rings is 3. The van der Waals surface area contributed by atoms with Gasteiger partial charge in [-0.3, -0.25) is 14.2 Å². The van der Waals surface area contributed by atoms with Crippen molar-refractivity contribution < 1.29 is 23.6 Å². The first-order valence-corrected chi connectivity index (χ1v) is 13.0. The van der Waals surface area contributed by atoms with Gasteiger partial charge >= 0.3 is 7.60 Å². The molecular weight excluding hydrogens is 461 g/mol. The van der Waals surface area contributed by atoms with Gasteiger partial charge in [-0.2, -0.15) is 0 Å². The number of ketones is 2. The first-order chi connectivity index (χ1) is 16.9. The van der Waals surface area contributed by atoms with Crippen LogP contribution in [0.2, 0.25) is 0 Å². The highest BCUT2D eigenvalue weighted by atomic mass is 31.2. The molecule has 0 radical (unpaired) electrons. The number of aromatic nitrogens is 1. The van der Waals surface area contributed by atoms with Gasteiger partial charge in [0.2, 0.25) is 0 Å². The summed E-state index contributed by atoms with van der Waals surface area (Å²) in [5.41, 5.74) is 4.56. The van der Waals surface area contributed by atoms with Gasteiger partial charge in [-0.1, -0.05) is 73.7 Å². The lowest BCUT2D eigenvalue weighted by molar-refractivity contribution is 0.0980. The summed E-state index contributed by atoms with van der Waals surface area (Å²) in [6, 6.07) is 21.6. The van der Waals surface area contributed by atoms with Crippen molar-refractivity contribution in [3.63, 3.8) is 0 Å². The number of carbonyl (C=O) groups is 2. The summed E-state index contributed by atoms with van der Waals surface area (Å²) in [7, 11) is -4.39. The number of hydrogen-bond donors (Lipinski definition) is 1. The minimum Gasteiger partial charge on any atom is -0.345 e. The first-order valence-electron chi connectivity index (χ1n) is 11.4. The van der Waals surface area contributed by atoms with Crippen LogP contribution in [-0.2, 0) is 22.2 Å². The van der Waals surface area contributed by atoms with E-state index in [0.717, 1.165) is 22.4 Å². The van der Waals surface area contributed by atoms with Gasteiger partial charge in [-0.25, -0.2) is 0 Å². The van der Waals surface area contributed by atoms with E-state index in [4.69, 9.17) is 4.52 Å². The normalized spacial score (nSPS) is 17.7. The first kappa shape index (κ1) is 21.9. The molecule has 2 aliphatic rings. The highest BCUT2D eigenvalue weighted by Gasteiger charge is 2.41. The molecule has 0 saturated heterocycles. The van der Waals surface area contributed by atoms with Crippen LogP contribution in [0.25, 0.3) is 0 Å². The predicted octanol–water partition coefficient (Wildman–Crippen LogP) is 4.80. The van der Waals surface area contributed by atoms with E-state index in [-0.39, 0.29) is 40.3 Å². The summed E-state index contributed by atoms with van der Waals surface area (Å²) in [6.07, 6.45) is 1.71. The minimum absolute atomic E-state index is 0.0444. The largest absolute Gasteiger partial charge is 0.359 e. The van der Waals surface area contributed by atoms with Crippen LogP contribution in [0.15, 0.2) is 79.0 Å². The summed E-state index contributed by atoms with van der Waals surface area (Å²) < 4.78 is 20.7. The topological polar surface area (TPSA) is 85.6 Å². The molecule has 1 aliphatic carbocycles. The van der Waals surface area contributed by atoms with Crippen LogP contribution < -0.4 is 5.30 Å². The predicted molar refractivity (Wildman–Crippen MR) is 131 cm³/mol. The highest BCUT2D eigenvalue weighted by Crippen LogP contribution is 2.46. The molecule has 0 saturated carbocycles. The zero-order valence-corrected chi connectivity index (χ0v) is 19.9. The van der Waals surface area contributed by atoms with Crippen molar-refractivity contribution in [2.75, 3.05) is 0 Å². The van der Waals surface area contributed by atoms with Crippen LogP contribution >= 0.6 is 7.60 Å². The quantitative estimate of drug-likeness (QED) is 0.371. The van der Waals surface area contributed by atoms with Gasteiger partial charge in [0.25, 0.3) is 0 Å². The summed E-state index contributed by atoms with van der Waals surface area (Å²) in [5, 5.41) is -0.143. The van der Waals surface area contributed by atoms with Gasteiger partial charge in [-0.15, -0.1) is 0 Å². The highest BCUT2D eigenvalue weighted by molar-refractivity contribution is 7.61. The molecule has 35 heavy (non-hydrogen) atoms. The molecule has 4 aromatic rings. The SMILES string of the molecule is CC1c2ccccc2Cn2cc3c(c21)C(=O)c1cccc(P(=O)(O)OCc2ccccc2)c1C3=O. The van der Waals surface area contributed by atoms with Crippen molar-refractivity contribution >= 4 is 24.5 Å². The Balaban J connectivity index is 1.43.